The monoisotopic (exact) mass is 283 g/mol. The first kappa shape index (κ1) is 15.2. The summed E-state index contributed by atoms with van der Waals surface area (Å²) in [7, 11) is 0. The number of rotatable bonds is 6. The molecule has 1 aromatic carbocycles. The van der Waals surface area contributed by atoms with Crippen molar-refractivity contribution >= 4 is 11.6 Å². The molecule has 0 unspecified atom stereocenters. The van der Waals surface area contributed by atoms with Crippen molar-refractivity contribution in [3.8, 4) is 0 Å². The molecule has 18 heavy (non-hydrogen) atoms. The number of alkyl halides is 3. The summed E-state index contributed by atoms with van der Waals surface area (Å²) in [6, 6.07) is 4.48. The van der Waals surface area contributed by atoms with Crippen LogP contribution in [-0.4, -0.2) is 12.7 Å². The van der Waals surface area contributed by atoms with Gasteiger partial charge < -0.3 is 5.32 Å². The van der Waals surface area contributed by atoms with Crippen molar-refractivity contribution in [1.29, 1.82) is 0 Å². The number of hydrogen-bond donors (Lipinski definition) is 1. The van der Waals surface area contributed by atoms with Crippen molar-refractivity contribution in [3.05, 3.63) is 34.6 Å². The average Bonchev–Trinajstić information content (AvgIpc) is 2.27. The fourth-order valence-corrected chi connectivity index (χ4v) is 1.68. The number of hydrogen-bond acceptors (Lipinski definition) is 1. The molecule has 0 saturated heterocycles. The quantitative estimate of drug-likeness (QED) is 0.606. The van der Waals surface area contributed by atoms with E-state index >= 15 is 0 Å². The molecule has 6 heteroatoms. The molecule has 0 aliphatic heterocycles. The van der Waals surface area contributed by atoms with Gasteiger partial charge in [0.1, 0.15) is 5.82 Å². The van der Waals surface area contributed by atoms with Crippen LogP contribution >= 0.6 is 11.6 Å². The van der Waals surface area contributed by atoms with Gasteiger partial charge in [-0.1, -0.05) is 23.7 Å². The molecule has 1 N–H and O–H groups in total. The minimum absolute atomic E-state index is 0.0558. The molecular formula is C12H14ClF4N. The zero-order chi connectivity index (χ0) is 13.6. The molecule has 0 spiro atoms. The first-order chi connectivity index (χ1) is 8.40. The Labute approximate surface area is 108 Å². The first-order valence-corrected chi connectivity index (χ1v) is 5.98. The molecule has 0 aliphatic carbocycles. The van der Waals surface area contributed by atoms with Crippen LogP contribution in [0.4, 0.5) is 17.6 Å². The molecule has 1 aromatic rings. The van der Waals surface area contributed by atoms with Gasteiger partial charge in [-0.05, 0) is 31.0 Å². The summed E-state index contributed by atoms with van der Waals surface area (Å²) in [6.07, 6.45) is -4.35. The highest BCUT2D eigenvalue weighted by Crippen LogP contribution is 2.22. The summed E-state index contributed by atoms with van der Waals surface area (Å²) in [5.41, 5.74) is 0.604. The number of nitrogens with one attached hydrogen (secondary N) is 1. The number of halogens is 5. The SMILES string of the molecule is Fc1cccc(CNCCCCC(F)(F)F)c1Cl. The van der Waals surface area contributed by atoms with Gasteiger partial charge in [-0.3, -0.25) is 0 Å². The van der Waals surface area contributed by atoms with E-state index in [0.29, 0.717) is 25.1 Å². The lowest BCUT2D eigenvalue weighted by Crippen LogP contribution is -2.16. The van der Waals surface area contributed by atoms with Crippen LogP contribution in [0.25, 0.3) is 0 Å². The zero-order valence-electron chi connectivity index (χ0n) is 9.66. The van der Waals surface area contributed by atoms with Gasteiger partial charge in [0.05, 0.1) is 5.02 Å². The lowest BCUT2D eigenvalue weighted by atomic mass is 10.2. The van der Waals surface area contributed by atoms with Crippen molar-refractivity contribution in [1.82, 2.24) is 5.32 Å². The molecule has 0 saturated carbocycles. The maximum atomic E-state index is 13.1. The Morgan fingerprint density at radius 2 is 1.89 bits per heavy atom. The second-order valence-corrected chi connectivity index (χ2v) is 4.34. The summed E-state index contributed by atoms with van der Waals surface area (Å²) in [5.74, 6) is -0.493. The predicted octanol–water partition coefficient (Wildman–Crippen LogP) is 4.30. The topological polar surface area (TPSA) is 12.0 Å². The minimum atomic E-state index is -4.09. The van der Waals surface area contributed by atoms with Crippen molar-refractivity contribution in [2.75, 3.05) is 6.54 Å². The molecule has 0 aromatic heterocycles. The molecule has 0 amide bonds. The van der Waals surface area contributed by atoms with Crippen LogP contribution in [0.2, 0.25) is 5.02 Å². The summed E-state index contributed by atoms with van der Waals surface area (Å²) in [5, 5.41) is 2.99. The summed E-state index contributed by atoms with van der Waals surface area (Å²) < 4.78 is 48.6. The Hall–Kier alpha value is -0.810. The van der Waals surface area contributed by atoms with Crippen LogP contribution in [0, 0.1) is 5.82 Å². The highest BCUT2D eigenvalue weighted by Gasteiger charge is 2.25. The maximum absolute atomic E-state index is 13.1. The molecule has 0 heterocycles. The standard InChI is InChI=1S/C12H14ClF4N/c13-11-9(4-3-5-10(11)14)8-18-7-2-1-6-12(15,16)17/h3-5,18H,1-2,6-8H2. The van der Waals surface area contributed by atoms with E-state index in [1.54, 1.807) is 12.1 Å². The second-order valence-electron chi connectivity index (χ2n) is 3.96. The minimum Gasteiger partial charge on any atom is -0.313 e. The lowest BCUT2D eigenvalue weighted by Gasteiger charge is -2.08. The van der Waals surface area contributed by atoms with Gasteiger partial charge in [-0.25, -0.2) is 4.39 Å². The van der Waals surface area contributed by atoms with Gasteiger partial charge in [0, 0.05) is 13.0 Å². The van der Waals surface area contributed by atoms with Crippen LogP contribution in [0.5, 0.6) is 0 Å². The molecule has 0 bridgehead atoms. The Morgan fingerprint density at radius 3 is 2.56 bits per heavy atom. The van der Waals surface area contributed by atoms with Crippen LogP contribution in [0.1, 0.15) is 24.8 Å². The van der Waals surface area contributed by atoms with Crippen molar-refractivity contribution in [2.45, 2.75) is 32.0 Å². The van der Waals surface area contributed by atoms with Crippen molar-refractivity contribution in [2.24, 2.45) is 0 Å². The molecular weight excluding hydrogens is 270 g/mol. The molecule has 1 nitrogen and oxygen atoms in total. The Bertz CT molecular complexity index is 379. The van der Waals surface area contributed by atoms with Gasteiger partial charge >= 0.3 is 6.18 Å². The summed E-state index contributed by atoms with van der Waals surface area (Å²) in [4.78, 5) is 0. The van der Waals surface area contributed by atoms with E-state index in [0.717, 1.165) is 0 Å². The summed E-state index contributed by atoms with van der Waals surface area (Å²) >= 11 is 5.73. The van der Waals surface area contributed by atoms with E-state index in [1.807, 2.05) is 0 Å². The Balaban J connectivity index is 2.20. The van der Waals surface area contributed by atoms with Crippen LogP contribution in [0.15, 0.2) is 18.2 Å². The third-order valence-corrected chi connectivity index (χ3v) is 2.83. The maximum Gasteiger partial charge on any atom is 0.389 e. The van der Waals surface area contributed by atoms with Gasteiger partial charge in [0.25, 0.3) is 0 Å². The number of benzene rings is 1. The smallest absolute Gasteiger partial charge is 0.313 e. The fraction of sp³-hybridized carbons (Fsp3) is 0.500. The van der Waals surface area contributed by atoms with E-state index in [-0.39, 0.29) is 11.4 Å². The average molecular weight is 284 g/mol. The molecule has 0 radical (unpaired) electrons. The normalized spacial score (nSPS) is 11.8. The third kappa shape index (κ3) is 5.69. The number of unbranched alkanes of at least 4 members (excludes halogenated alkanes) is 1. The highest BCUT2D eigenvalue weighted by molar-refractivity contribution is 6.31. The van der Waals surface area contributed by atoms with Gasteiger partial charge in [-0.15, -0.1) is 0 Å². The summed E-state index contributed by atoms with van der Waals surface area (Å²) in [6.45, 7) is 0.797. The fourth-order valence-electron chi connectivity index (χ4n) is 1.48. The van der Waals surface area contributed by atoms with Crippen molar-refractivity contribution in [3.63, 3.8) is 0 Å². The molecule has 0 fully saturated rings. The van der Waals surface area contributed by atoms with Crippen LogP contribution < -0.4 is 5.32 Å². The first-order valence-electron chi connectivity index (χ1n) is 5.60. The van der Waals surface area contributed by atoms with E-state index < -0.39 is 18.4 Å². The lowest BCUT2D eigenvalue weighted by molar-refractivity contribution is -0.135. The predicted molar refractivity (Wildman–Crippen MR) is 63.0 cm³/mol. The van der Waals surface area contributed by atoms with Gasteiger partial charge in [0.15, 0.2) is 0 Å². The van der Waals surface area contributed by atoms with Gasteiger partial charge in [-0.2, -0.15) is 13.2 Å². The molecule has 0 aliphatic rings. The Kier molecular flexibility index (Phi) is 5.88. The second kappa shape index (κ2) is 6.95. The van der Waals surface area contributed by atoms with E-state index in [1.165, 1.54) is 6.07 Å². The highest BCUT2D eigenvalue weighted by atomic mass is 35.5. The largest absolute Gasteiger partial charge is 0.389 e. The van der Waals surface area contributed by atoms with E-state index in [4.69, 9.17) is 11.6 Å². The van der Waals surface area contributed by atoms with Crippen LogP contribution in [-0.2, 0) is 6.54 Å². The van der Waals surface area contributed by atoms with E-state index in [9.17, 15) is 17.6 Å². The molecule has 102 valence electrons. The zero-order valence-corrected chi connectivity index (χ0v) is 10.4. The van der Waals surface area contributed by atoms with Gasteiger partial charge in [0.2, 0.25) is 0 Å². The van der Waals surface area contributed by atoms with E-state index in [2.05, 4.69) is 5.32 Å². The molecule has 0 atom stereocenters. The van der Waals surface area contributed by atoms with Crippen LogP contribution in [0.3, 0.4) is 0 Å². The third-order valence-electron chi connectivity index (χ3n) is 2.41. The Morgan fingerprint density at radius 1 is 1.17 bits per heavy atom. The van der Waals surface area contributed by atoms with Crippen molar-refractivity contribution < 1.29 is 17.6 Å². The molecule has 1 rings (SSSR count).